The number of ketones is 1. The van der Waals surface area contributed by atoms with Crippen LogP contribution in [-0.4, -0.2) is 18.3 Å². The number of amides is 1. The van der Waals surface area contributed by atoms with Crippen LogP contribution in [0.3, 0.4) is 0 Å². The molecule has 2 aromatic rings. The summed E-state index contributed by atoms with van der Waals surface area (Å²) < 4.78 is 5.50. The summed E-state index contributed by atoms with van der Waals surface area (Å²) in [5.41, 5.74) is 3.42. The van der Waals surface area contributed by atoms with Crippen LogP contribution in [0, 0.1) is 0 Å². The maximum Gasteiger partial charge on any atom is 0.225 e. The smallest absolute Gasteiger partial charge is 0.225 e. The van der Waals surface area contributed by atoms with Crippen LogP contribution in [0.25, 0.3) is 0 Å². The highest BCUT2D eigenvalue weighted by atomic mass is 35.5. The summed E-state index contributed by atoms with van der Waals surface area (Å²) in [4.78, 5) is 25.5. The van der Waals surface area contributed by atoms with Crippen molar-refractivity contribution in [2.24, 2.45) is 0 Å². The van der Waals surface area contributed by atoms with Crippen molar-refractivity contribution in [2.45, 2.75) is 38.0 Å². The second-order valence-corrected chi connectivity index (χ2v) is 7.66. The predicted octanol–water partition coefficient (Wildman–Crippen LogP) is 4.74. The van der Waals surface area contributed by atoms with Crippen molar-refractivity contribution in [3.8, 4) is 5.75 Å². The molecule has 0 bridgehead atoms. The van der Waals surface area contributed by atoms with Gasteiger partial charge in [0.15, 0.2) is 5.78 Å². The Labute approximate surface area is 169 Å². The highest BCUT2D eigenvalue weighted by Crippen LogP contribution is 2.43. The summed E-state index contributed by atoms with van der Waals surface area (Å²) >= 11 is 6.35. The van der Waals surface area contributed by atoms with E-state index < -0.39 is 0 Å². The van der Waals surface area contributed by atoms with Gasteiger partial charge in [0.05, 0.1) is 6.61 Å². The van der Waals surface area contributed by atoms with Gasteiger partial charge in [-0.1, -0.05) is 41.9 Å². The van der Waals surface area contributed by atoms with Gasteiger partial charge in [0.1, 0.15) is 5.75 Å². The molecule has 2 aromatic carbocycles. The number of hydrogen-bond donors (Lipinski definition) is 1. The fourth-order valence-electron chi connectivity index (χ4n) is 4.23. The second-order valence-electron chi connectivity index (χ2n) is 7.25. The summed E-state index contributed by atoms with van der Waals surface area (Å²) in [5.74, 6) is 0.600. The summed E-state index contributed by atoms with van der Waals surface area (Å²) in [7, 11) is 0. The largest absolute Gasteiger partial charge is 0.494 e. The molecule has 2 aliphatic rings. The van der Waals surface area contributed by atoms with Gasteiger partial charge in [0.2, 0.25) is 5.91 Å². The van der Waals surface area contributed by atoms with Crippen molar-refractivity contribution in [1.29, 1.82) is 0 Å². The third-order valence-corrected chi connectivity index (χ3v) is 5.82. The average molecular weight is 396 g/mol. The Morgan fingerprint density at radius 1 is 1.04 bits per heavy atom. The van der Waals surface area contributed by atoms with Crippen molar-refractivity contribution in [2.75, 3.05) is 6.61 Å². The fourth-order valence-corrected chi connectivity index (χ4v) is 4.52. The number of hydrogen-bond acceptors (Lipinski definition) is 3. The van der Waals surface area contributed by atoms with E-state index in [0.717, 1.165) is 28.1 Å². The number of nitrogens with one attached hydrogen (secondary N) is 1. The Kier molecular flexibility index (Phi) is 5.23. The van der Waals surface area contributed by atoms with E-state index >= 15 is 0 Å². The number of benzene rings is 2. The molecule has 4 nitrogen and oxygen atoms in total. The molecule has 0 saturated heterocycles. The lowest BCUT2D eigenvalue weighted by atomic mass is 9.73. The van der Waals surface area contributed by atoms with Crippen LogP contribution < -0.4 is 10.1 Å². The lowest BCUT2D eigenvalue weighted by molar-refractivity contribution is -0.122. The summed E-state index contributed by atoms with van der Waals surface area (Å²) in [6.07, 6.45) is 1.31. The molecular formula is C23H22ClNO3. The van der Waals surface area contributed by atoms with E-state index in [-0.39, 0.29) is 29.9 Å². The molecule has 0 fully saturated rings. The lowest BCUT2D eigenvalue weighted by Crippen LogP contribution is -2.38. The van der Waals surface area contributed by atoms with Crippen LogP contribution in [-0.2, 0) is 9.59 Å². The van der Waals surface area contributed by atoms with Gasteiger partial charge in [0, 0.05) is 35.1 Å². The minimum Gasteiger partial charge on any atom is -0.494 e. The van der Waals surface area contributed by atoms with Gasteiger partial charge >= 0.3 is 0 Å². The molecule has 0 aromatic heterocycles. The zero-order chi connectivity index (χ0) is 19.7. The van der Waals surface area contributed by atoms with Crippen LogP contribution in [0.2, 0.25) is 5.02 Å². The van der Waals surface area contributed by atoms with E-state index in [0.29, 0.717) is 24.5 Å². The van der Waals surface area contributed by atoms with Crippen molar-refractivity contribution in [3.63, 3.8) is 0 Å². The number of allylic oxidation sites excluding steroid dienone is 2. The Balaban J connectivity index is 1.67. The topological polar surface area (TPSA) is 55.4 Å². The van der Waals surface area contributed by atoms with Gasteiger partial charge in [-0.2, -0.15) is 0 Å². The van der Waals surface area contributed by atoms with E-state index in [4.69, 9.17) is 16.3 Å². The minimum atomic E-state index is -0.209. The van der Waals surface area contributed by atoms with Crippen molar-refractivity contribution < 1.29 is 14.3 Å². The molecular weight excluding hydrogens is 374 g/mol. The first kappa shape index (κ1) is 18.8. The monoisotopic (exact) mass is 395 g/mol. The van der Waals surface area contributed by atoms with Gasteiger partial charge in [-0.05, 0) is 48.6 Å². The van der Waals surface area contributed by atoms with Gasteiger partial charge in [-0.3, -0.25) is 9.59 Å². The second kappa shape index (κ2) is 7.80. The van der Waals surface area contributed by atoms with Crippen molar-refractivity contribution in [3.05, 3.63) is 76.0 Å². The molecule has 1 heterocycles. The Bertz CT molecular complexity index is 949. The van der Waals surface area contributed by atoms with Gasteiger partial charge < -0.3 is 10.1 Å². The number of carbonyl (C=O) groups is 2. The molecule has 1 amide bonds. The number of carbonyl (C=O) groups excluding carboxylic acids is 2. The van der Waals surface area contributed by atoms with Gasteiger partial charge in [-0.25, -0.2) is 0 Å². The third-order valence-electron chi connectivity index (χ3n) is 5.47. The number of halogens is 1. The van der Waals surface area contributed by atoms with Crippen LogP contribution in [0.15, 0.2) is 59.8 Å². The van der Waals surface area contributed by atoms with Crippen molar-refractivity contribution in [1.82, 2.24) is 5.32 Å². The van der Waals surface area contributed by atoms with E-state index in [1.165, 1.54) is 0 Å². The maximum atomic E-state index is 13.1. The predicted molar refractivity (Wildman–Crippen MR) is 109 cm³/mol. The molecule has 28 heavy (non-hydrogen) atoms. The average Bonchev–Trinajstić information content (AvgIpc) is 2.68. The van der Waals surface area contributed by atoms with Crippen molar-refractivity contribution >= 4 is 23.3 Å². The summed E-state index contributed by atoms with van der Waals surface area (Å²) in [6, 6.07) is 15.3. The van der Waals surface area contributed by atoms with E-state index in [1.807, 2.05) is 55.5 Å². The molecule has 4 rings (SSSR count). The van der Waals surface area contributed by atoms with E-state index in [2.05, 4.69) is 5.32 Å². The SMILES string of the molecule is CCOc1ccc([C@H]2CC(=O)NC3=C2C(=O)C[C@@H](c2ccccc2Cl)C3)cc1. The molecule has 0 spiro atoms. The first-order chi connectivity index (χ1) is 13.6. The van der Waals surface area contributed by atoms with Crippen LogP contribution in [0.1, 0.15) is 49.1 Å². The lowest BCUT2D eigenvalue weighted by Gasteiger charge is -2.34. The molecule has 1 aliphatic carbocycles. The zero-order valence-electron chi connectivity index (χ0n) is 15.7. The normalized spacial score (nSPS) is 21.9. The summed E-state index contributed by atoms with van der Waals surface area (Å²) in [6.45, 7) is 2.54. The quantitative estimate of drug-likeness (QED) is 0.813. The molecule has 2 atom stereocenters. The summed E-state index contributed by atoms with van der Waals surface area (Å²) in [5, 5.41) is 3.61. The first-order valence-electron chi connectivity index (χ1n) is 9.60. The minimum absolute atomic E-state index is 0.0145. The highest BCUT2D eigenvalue weighted by Gasteiger charge is 2.38. The van der Waals surface area contributed by atoms with Crippen LogP contribution in [0.4, 0.5) is 0 Å². The van der Waals surface area contributed by atoms with E-state index in [9.17, 15) is 9.59 Å². The maximum absolute atomic E-state index is 13.1. The molecule has 0 radical (unpaired) electrons. The molecule has 1 aliphatic heterocycles. The zero-order valence-corrected chi connectivity index (χ0v) is 16.5. The Morgan fingerprint density at radius 2 is 1.79 bits per heavy atom. The molecule has 144 valence electrons. The van der Waals surface area contributed by atoms with E-state index in [1.54, 1.807) is 0 Å². The van der Waals surface area contributed by atoms with Crippen LogP contribution in [0.5, 0.6) is 5.75 Å². The standard InChI is InChI=1S/C23H22ClNO3/c1-2-28-16-9-7-14(8-10-16)18-13-22(27)25-20-11-15(12-21(26)23(18)20)17-5-3-4-6-19(17)24/h3-10,15,18H,2,11-13H2,1H3,(H,25,27)/t15-,18+/m0/s1. The molecule has 0 unspecified atom stereocenters. The van der Waals surface area contributed by atoms with Gasteiger partial charge in [-0.15, -0.1) is 0 Å². The molecule has 1 N–H and O–H groups in total. The Hall–Kier alpha value is -2.59. The number of Topliss-reactive ketones (excluding diaryl/α,β-unsaturated/α-hetero) is 1. The third kappa shape index (κ3) is 3.57. The number of rotatable bonds is 4. The van der Waals surface area contributed by atoms with Crippen LogP contribution >= 0.6 is 11.6 Å². The molecule has 5 heteroatoms. The number of ether oxygens (including phenoxy) is 1. The van der Waals surface area contributed by atoms with Gasteiger partial charge in [0.25, 0.3) is 0 Å². The fraction of sp³-hybridized carbons (Fsp3) is 0.304. The Morgan fingerprint density at radius 3 is 2.50 bits per heavy atom. The first-order valence-corrected chi connectivity index (χ1v) is 9.98. The molecule has 0 saturated carbocycles. The highest BCUT2D eigenvalue weighted by molar-refractivity contribution is 6.31.